The van der Waals surface area contributed by atoms with Gasteiger partial charge in [-0.25, -0.2) is 4.79 Å². The number of rotatable bonds is 13. The SMILES string of the molecule is CC(C)C[C@H](NC(=O)OCc1ccccc1)C(=O)N[C@@H](Cc1ccccc1)C(O)C(=O)NCc1ccccc1. The van der Waals surface area contributed by atoms with Crippen molar-refractivity contribution < 1.29 is 24.2 Å². The molecule has 39 heavy (non-hydrogen) atoms. The third-order valence-corrected chi connectivity index (χ3v) is 6.11. The molecule has 8 heteroatoms. The van der Waals surface area contributed by atoms with Gasteiger partial charge in [0.15, 0.2) is 6.10 Å². The monoisotopic (exact) mass is 531 g/mol. The van der Waals surface area contributed by atoms with Crippen LogP contribution in [0, 0.1) is 5.92 Å². The number of amides is 3. The van der Waals surface area contributed by atoms with Gasteiger partial charge in [-0.15, -0.1) is 0 Å². The number of ether oxygens (including phenoxy) is 1. The average Bonchev–Trinajstić information content (AvgIpc) is 2.95. The second-order valence-corrected chi connectivity index (χ2v) is 9.84. The third-order valence-electron chi connectivity index (χ3n) is 6.11. The Labute approximate surface area is 229 Å². The summed E-state index contributed by atoms with van der Waals surface area (Å²) in [6.07, 6.45) is -1.66. The van der Waals surface area contributed by atoms with Gasteiger partial charge in [0.25, 0.3) is 5.91 Å². The summed E-state index contributed by atoms with van der Waals surface area (Å²) in [5, 5.41) is 19.2. The first kappa shape index (κ1) is 29.4. The molecule has 0 aliphatic heterocycles. The van der Waals surface area contributed by atoms with E-state index in [1.807, 2.05) is 105 Å². The van der Waals surface area contributed by atoms with Gasteiger partial charge in [-0.1, -0.05) is 105 Å². The van der Waals surface area contributed by atoms with E-state index in [1.54, 1.807) is 0 Å². The lowest BCUT2D eigenvalue weighted by Crippen LogP contribution is -2.56. The van der Waals surface area contributed by atoms with E-state index in [2.05, 4.69) is 16.0 Å². The summed E-state index contributed by atoms with van der Waals surface area (Å²) in [5.41, 5.74) is 2.55. The van der Waals surface area contributed by atoms with Crippen molar-refractivity contribution in [1.29, 1.82) is 0 Å². The lowest BCUT2D eigenvalue weighted by Gasteiger charge is -2.27. The molecule has 0 spiro atoms. The van der Waals surface area contributed by atoms with Crippen molar-refractivity contribution in [1.82, 2.24) is 16.0 Å². The molecule has 0 bridgehead atoms. The molecule has 3 aromatic rings. The van der Waals surface area contributed by atoms with E-state index in [4.69, 9.17) is 4.74 Å². The smallest absolute Gasteiger partial charge is 0.408 e. The Balaban J connectivity index is 1.68. The number of carbonyl (C=O) groups is 3. The number of carbonyl (C=O) groups excluding carboxylic acids is 3. The van der Waals surface area contributed by atoms with Crippen LogP contribution in [0.3, 0.4) is 0 Å². The van der Waals surface area contributed by atoms with Crippen molar-refractivity contribution in [3.63, 3.8) is 0 Å². The highest BCUT2D eigenvalue weighted by Gasteiger charge is 2.31. The Morgan fingerprint density at radius 2 is 1.28 bits per heavy atom. The number of benzene rings is 3. The van der Waals surface area contributed by atoms with Crippen LogP contribution in [0.2, 0.25) is 0 Å². The maximum Gasteiger partial charge on any atom is 0.408 e. The number of nitrogens with one attached hydrogen (secondary N) is 3. The van der Waals surface area contributed by atoms with Crippen molar-refractivity contribution in [3.8, 4) is 0 Å². The lowest BCUT2D eigenvalue weighted by molar-refractivity contribution is -0.132. The van der Waals surface area contributed by atoms with Crippen LogP contribution in [0.25, 0.3) is 0 Å². The Kier molecular flexibility index (Phi) is 11.5. The third kappa shape index (κ3) is 10.2. The fourth-order valence-corrected chi connectivity index (χ4v) is 4.08. The van der Waals surface area contributed by atoms with Crippen molar-refractivity contribution in [3.05, 3.63) is 108 Å². The molecule has 0 aromatic heterocycles. The summed E-state index contributed by atoms with van der Waals surface area (Å²) >= 11 is 0. The van der Waals surface area contributed by atoms with Crippen molar-refractivity contribution in [2.45, 2.75) is 58.0 Å². The maximum atomic E-state index is 13.4. The van der Waals surface area contributed by atoms with Crippen LogP contribution in [0.1, 0.15) is 37.0 Å². The summed E-state index contributed by atoms with van der Waals surface area (Å²) in [4.78, 5) is 38.8. The highest BCUT2D eigenvalue weighted by molar-refractivity contribution is 5.87. The Morgan fingerprint density at radius 1 is 0.744 bits per heavy atom. The van der Waals surface area contributed by atoms with E-state index < -0.39 is 36.1 Å². The molecule has 1 unspecified atom stereocenters. The minimum absolute atomic E-state index is 0.0691. The zero-order valence-corrected chi connectivity index (χ0v) is 22.4. The van der Waals surface area contributed by atoms with E-state index in [9.17, 15) is 19.5 Å². The fourth-order valence-electron chi connectivity index (χ4n) is 4.08. The Morgan fingerprint density at radius 3 is 1.85 bits per heavy atom. The zero-order valence-electron chi connectivity index (χ0n) is 22.4. The van der Waals surface area contributed by atoms with Gasteiger partial charge >= 0.3 is 6.09 Å². The van der Waals surface area contributed by atoms with Gasteiger partial charge in [-0.2, -0.15) is 0 Å². The number of aliphatic hydroxyl groups excluding tert-OH is 1. The average molecular weight is 532 g/mol. The van der Waals surface area contributed by atoms with Crippen molar-refractivity contribution in [2.24, 2.45) is 5.92 Å². The molecular formula is C31H37N3O5. The molecule has 0 saturated carbocycles. The number of aliphatic hydroxyl groups is 1. The zero-order chi connectivity index (χ0) is 28.0. The highest BCUT2D eigenvalue weighted by Crippen LogP contribution is 2.11. The summed E-state index contributed by atoms with van der Waals surface area (Å²) in [7, 11) is 0. The molecule has 3 amide bonds. The summed E-state index contributed by atoms with van der Waals surface area (Å²) < 4.78 is 5.31. The van der Waals surface area contributed by atoms with Crippen molar-refractivity contribution >= 4 is 17.9 Å². The topological polar surface area (TPSA) is 117 Å². The van der Waals surface area contributed by atoms with Gasteiger partial charge in [-0.05, 0) is 35.4 Å². The first-order chi connectivity index (χ1) is 18.8. The summed E-state index contributed by atoms with van der Waals surface area (Å²) in [5.74, 6) is -1.02. The molecule has 0 fully saturated rings. The van der Waals surface area contributed by atoms with Gasteiger partial charge in [0, 0.05) is 6.54 Å². The van der Waals surface area contributed by atoms with Gasteiger partial charge in [0.05, 0.1) is 6.04 Å². The Hall–Kier alpha value is -4.17. The van der Waals surface area contributed by atoms with E-state index in [0.717, 1.165) is 16.7 Å². The van der Waals surface area contributed by atoms with Gasteiger partial charge in [0.2, 0.25) is 5.91 Å². The van der Waals surface area contributed by atoms with E-state index in [-0.39, 0.29) is 25.5 Å². The molecule has 206 valence electrons. The second-order valence-electron chi connectivity index (χ2n) is 9.84. The minimum Gasteiger partial charge on any atom is -0.445 e. The van der Waals surface area contributed by atoms with Crippen LogP contribution in [-0.4, -0.2) is 41.2 Å². The van der Waals surface area contributed by atoms with E-state index in [0.29, 0.717) is 6.42 Å². The van der Waals surface area contributed by atoms with E-state index in [1.165, 1.54) is 0 Å². The van der Waals surface area contributed by atoms with Gasteiger partial charge < -0.3 is 25.8 Å². The molecule has 3 atom stereocenters. The van der Waals surface area contributed by atoms with Crippen LogP contribution >= 0.6 is 0 Å². The second kappa shape index (κ2) is 15.3. The quantitative estimate of drug-likeness (QED) is 0.268. The number of hydrogen-bond acceptors (Lipinski definition) is 5. The maximum absolute atomic E-state index is 13.4. The molecule has 8 nitrogen and oxygen atoms in total. The molecule has 0 saturated heterocycles. The first-order valence-corrected chi connectivity index (χ1v) is 13.1. The van der Waals surface area contributed by atoms with E-state index >= 15 is 0 Å². The molecule has 4 N–H and O–H groups in total. The predicted molar refractivity (Wildman–Crippen MR) is 149 cm³/mol. The molecular weight excluding hydrogens is 494 g/mol. The molecule has 0 radical (unpaired) electrons. The molecule has 0 aliphatic carbocycles. The van der Waals surface area contributed by atoms with Crippen LogP contribution in [0.15, 0.2) is 91.0 Å². The van der Waals surface area contributed by atoms with Crippen molar-refractivity contribution in [2.75, 3.05) is 0 Å². The number of alkyl carbamates (subject to hydrolysis) is 1. The standard InChI is InChI=1S/C31H37N3O5/c1-22(2)18-27(34-31(38)39-21-25-16-10-5-11-17-25)29(36)33-26(19-23-12-6-3-7-13-23)28(35)30(37)32-20-24-14-8-4-9-15-24/h3-17,22,26-28,35H,18-21H2,1-2H3,(H,32,37)(H,33,36)(H,34,38)/t26-,27-,28?/m0/s1. The first-order valence-electron chi connectivity index (χ1n) is 13.1. The van der Waals surface area contributed by atoms with Gasteiger partial charge in [0.1, 0.15) is 12.6 Å². The van der Waals surface area contributed by atoms with Gasteiger partial charge in [-0.3, -0.25) is 9.59 Å². The Bertz CT molecular complexity index is 1170. The number of hydrogen-bond donors (Lipinski definition) is 4. The normalized spacial score (nSPS) is 13.1. The van der Waals surface area contributed by atoms with Crippen LogP contribution in [0.5, 0.6) is 0 Å². The van der Waals surface area contributed by atoms with Crippen LogP contribution < -0.4 is 16.0 Å². The largest absolute Gasteiger partial charge is 0.445 e. The molecule has 0 aliphatic rings. The summed E-state index contributed by atoms with van der Waals surface area (Å²) in [6.45, 7) is 4.18. The molecule has 0 heterocycles. The predicted octanol–water partition coefficient (Wildman–Crippen LogP) is 3.73. The fraction of sp³-hybridized carbons (Fsp3) is 0.323. The lowest BCUT2D eigenvalue weighted by atomic mass is 9.98. The van der Waals surface area contributed by atoms with Crippen LogP contribution in [0.4, 0.5) is 4.79 Å². The minimum atomic E-state index is -1.51. The van der Waals surface area contributed by atoms with Crippen LogP contribution in [-0.2, 0) is 33.9 Å². The molecule has 3 rings (SSSR count). The highest BCUT2D eigenvalue weighted by atomic mass is 16.5. The molecule has 3 aromatic carbocycles. The summed E-state index contributed by atoms with van der Waals surface area (Å²) in [6, 6.07) is 26.0.